The molecule has 0 bridgehead atoms. The quantitative estimate of drug-likeness (QED) is 0.785. The van der Waals surface area contributed by atoms with Crippen LogP contribution in [0.4, 0.5) is 0 Å². The summed E-state index contributed by atoms with van der Waals surface area (Å²) in [6, 6.07) is 4.78. The van der Waals surface area contributed by atoms with E-state index in [0.717, 1.165) is 18.0 Å². The molecule has 1 N–H and O–H groups in total. The van der Waals surface area contributed by atoms with Crippen LogP contribution < -0.4 is 5.32 Å². The number of thioether (sulfide) groups is 1. The van der Waals surface area contributed by atoms with Crippen molar-refractivity contribution >= 4 is 11.8 Å². The third kappa shape index (κ3) is 3.72. The molecule has 2 nitrogen and oxygen atoms in total. The van der Waals surface area contributed by atoms with Crippen molar-refractivity contribution in [3.8, 4) is 0 Å². The van der Waals surface area contributed by atoms with Gasteiger partial charge < -0.3 is 5.32 Å². The Balaban J connectivity index is 1.86. The maximum absolute atomic E-state index is 4.58. The molecular formula is C15H24N2S. The largest absolute Gasteiger partial charge is 0.312 e. The second-order valence-corrected chi connectivity index (χ2v) is 6.22. The predicted molar refractivity (Wildman–Crippen MR) is 79.0 cm³/mol. The fourth-order valence-electron chi connectivity index (χ4n) is 2.64. The highest BCUT2D eigenvalue weighted by molar-refractivity contribution is 7.99. The highest BCUT2D eigenvalue weighted by Gasteiger charge is 2.15. The van der Waals surface area contributed by atoms with Gasteiger partial charge in [0.1, 0.15) is 0 Å². The average Bonchev–Trinajstić information content (AvgIpc) is 2.92. The molecule has 1 atom stereocenters. The Hall–Kier alpha value is -0.540. The molecule has 0 radical (unpaired) electrons. The zero-order chi connectivity index (χ0) is 12.8. The Kier molecular flexibility index (Phi) is 5.51. The van der Waals surface area contributed by atoms with E-state index < -0.39 is 0 Å². The number of nitrogens with one attached hydrogen (secondary N) is 1. The smallest absolute Gasteiger partial charge is 0.0573 e. The van der Waals surface area contributed by atoms with Gasteiger partial charge in [-0.2, -0.15) is 0 Å². The molecular weight excluding hydrogens is 240 g/mol. The molecule has 0 amide bonds. The number of rotatable bonds is 6. The van der Waals surface area contributed by atoms with Gasteiger partial charge in [0, 0.05) is 22.9 Å². The average molecular weight is 264 g/mol. The molecule has 100 valence electrons. The maximum Gasteiger partial charge on any atom is 0.0573 e. The van der Waals surface area contributed by atoms with Crippen molar-refractivity contribution in [3.63, 3.8) is 0 Å². The second kappa shape index (κ2) is 7.15. The molecule has 1 unspecified atom stereocenters. The lowest BCUT2D eigenvalue weighted by Crippen LogP contribution is -2.16. The molecule has 0 saturated heterocycles. The Morgan fingerprint density at radius 3 is 2.72 bits per heavy atom. The van der Waals surface area contributed by atoms with Crippen LogP contribution in [0.3, 0.4) is 0 Å². The number of hydrogen-bond donors (Lipinski definition) is 1. The van der Waals surface area contributed by atoms with E-state index in [9.17, 15) is 0 Å². The number of nitrogens with zero attached hydrogens (tertiary/aromatic N) is 1. The van der Waals surface area contributed by atoms with E-state index in [4.69, 9.17) is 0 Å². The SMILES string of the molecule is CCC(NC)c1ccc(SCC2CCCC2)cn1. The Morgan fingerprint density at radius 2 is 2.17 bits per heavy atom. The van der Waals surface area contributed by atoms with Crippen LogP contribution in [0.5, 0.6) is 0 Å². The summed E-state index contributed by atoms with van der Waals surface area (Å²) in [5.41, 5.74) is 1.16. The van der Waals surface area contributed by atoms with Crippen molar-refractivity contribution in [1.82, 2.24) is 10.3 Å². The lowest BCUT2D eigenvalue weighted by molar-refractivity contribution is 0.561. The van der Waals surface area contributed by atoms with Crippen molar-refractivity contribution < 1.29 is 0 Å². The summed E-state index contributed by atoms with van der Waals surface area (Å²) in [7, 11) is 2.00. The molecule has 1 aliphatic carbocycles. The monoisotopic (exact) mass is 264 g/mol. The minimum absolute atomic E-state index is 0.388. The van der Waals surface area contributed by atoms with Crippen LogP contribution in [-0.4, -0.2) is 17.8 Å². The molecule has 0 spiro atoms. The van der Waals surface area contributed by atoms with Gasteiger partial charge in [-0.05, 0) is 44.4 Å². The van der Waals surface area contributed by atoms with Gasteiger partial charge in [-0.25, -0.2) is 0 Å². The van der Waals surface area contributed by atoms with Crippen LogP contribution in [0.1, 0.15) is 50.8 Å². The standard InChI is InChI=1S/C15H24N2S/c1-3-14(16-2)15-9-8-13(10-17-15)18-11-12-6-4-5-7-12/h8-10,12,14,16H,3-7,11H2,1-2H3. The number of pyridine rings is 1. The van der Waals surface area contributed by atoms with Crippen molar-refractivity contribution in [2.45, 2.75) is 50.0 Å². The molecule has 18 heavy (non-hydrogen) atoms. The fourth-order valence-corrected chi connectivity index (χ4v) is 3.69. The summed E-state index contributed by atoms with van der Waals surface area (Å²) < 4.78 is 0. The first-order valence-electron chi connectivity index (χ1n) is 7.09. The lowest BCUT2D eigenvalue weighted by Gasteiger charge is -2.13. The molecule has 3 heteroatoms. The Morgan fingerprint density at radius 1 is 1.39 bits per heavy atom. The molecule has 1 aliphatic rings. The van der Waals surface area contributed by atoms with Gasteiger partial charge in [0.2, 0.25) is 0 Å². The lowest BCUT2D eigenvalue weighted by atomic mass is 10.1. The fraction of sp³-hybridized carbons (Fsp3) is 0.667. The van der Waals surface area contributed by atoms with Crippen molar-refractivity contribution in [2.24, 2.45) is 5.92 Å². The van der Waals surface area contributed by atoms with Crippen LogP contribution >= 0.6 is 11.8 Å². The highest BCUT2D eigenvalue weighted by atomic mass is 32.2. The van der Waals surface area contributed by atoms with Crippen LogP contribution in [0, 0.1) is 5.92 Å². The molecule has 1 aromatic rings. The van der Waals surface area contributed by atoms with Crippen molar-refractivity contribution in [3.05, 3.63) is 24.0 Å². The zero-order valence-electron chi connectivity index (χ0n) is 11.5. The van der Waals surface area contributed by atoms with Crippen LogP contribution in [0.2, 0.25) is 0 Å². The van der Waals surface area contributed by atoms with E-state index in [-0.39, 0.29) is 0 Å². The van der Waals surface area contributed by atoms with Crippen LogP contribution in [0.15, 0.2) is 23.2 Å². The van der Waals surface area contributed by atoms with Gasteiger partial charge >= 0.3 is 0 Å². The minimum atomic E-state index is 0.388. The summed E-state index contributed by atoms with van der Waals surface area (Å²) in [4.78, 5) is 5.90. The second-order valence-electron chi connectivity index (χ2n) is 5.13. The molecule has 0 aromatic carbocycles. The minimum Gasteiger partial charge on any atom is -0.312 e. The van der Waals surface area contributed by atoms with E-state index in [1.807, 2.05) is 25.0 Å². The normalized spacial score (nSPS) is 18.1. The summed E-state index contributed by atoms with van der Waals surface area (Å²) in [5, 5.41) is 3.29. The first-order valence-corrected chi connectivity index (χ1v) is 8.08. The third-order valence-corrected chi connectivity index (χ3v) is 5.05. The Labute approximate surface area is 115 Å². The first-order chi connectivity index (χ1) is 8.83. The third-order valence-electron chi connectivity index (χ3n) is 3.83. The molecule has 1 aromatic heterocycles. The van der Waals surface area contributed by atoms with Crippen molar-refractivity contribution in [2.75, 3.05) is 12.8 Å². The summed E-state index contributed by atoms with van der Waals surface area (Å²) in [6.07, 6.45) is 8.84. The van der Waals surface area contributed by atoms with E-state index in [1.54, 1.807) is 0 Å². The van der Waals surface area contributed by atoms with Gasteiger partial charge in [0.05, 0.1) is 5.69 Å². The van der Waals surface area contributed by atoms with E-state index in [0.29, 0.717) is 6.04 Å². The van der Waals surface area contributed by atoms with Gasteiger partial charge in [0.15, 0.2) is 0 Å². The Bertz CT molecular complexity index is 340. The number of aromatic nitrogens is 1. The number of hydrogen-bond acceptors (Lipinski definition) is 3. The van der Waals surface area contributed by atoms with E-state index >= 15 is 0 Å². The topological polar surface area (TPSA) is 24.9 Å². The van der Waals surface area contributed by atoms with Crippen molar-refractivity contribution in [1.29, 1.82) is 0 Å². The molecule has 2 rings (SSSR count). The van der Waals surface area contributed by atoms with Gasteiger partial charge in [-0.15, -0.1) is 11.8 Å². The van der Waals surface area contributed by atoms with Gasteiger partial charge in [0.25, 0.3) is 0 Å². The zero-order valence-corrected chi connectivity index (χ0v) is 12.3. The molecule has 0 aliphatic heterocycles. The van der Waals surface area contributed by atoms with Gasteiger partial charge in [-0.1, -0.05) is 19.8 Å². The summed E-state index contributed by atoms with van der Waals surface area (Å²) in [5.74, 6) is 2.21. The van der Waals surface area contributed by atoms with E-state index in [2.05, 4.69) is 29.4 Å². The highest BCUT2D eigenvalue weighted by Crippen LogP contribution is 2.30. The first kappa shape index (κ1) is 13.9. The molecule has 1 fully saturated rings. The van der Waals surface area contributed by atoms with Gasteiger partial charge in [-0.3, -0.25) is 4.98 Å². The molecule has 1 saturated carbocycles. The summed E-state index contributed by atoms with van der Waals surface area (Å²) in [6.45, 7) is 2.19. The van der Waals surface area contributed by atoms with E-state index in [1.165, 1.54) is 36.3 Å². The molecule has 1 heterocycles. The van der Waals surface area contributed by atoms with Crippen LogP contribution in [0.25, 0.3) is 0 Å². The van der Waals surface area contributed by atoms with Crippen LogP contribution in [-0.2, 0) is 0 Å². The maximum atomic E-state index is 4.58. The summed E-state index contributed by atoms with van der Waals surface area (Å²) >= 11 is 1.97. The predicted octanol–water partition coefficient (Wildman–Crippen LogP) is 4.03.